The Labute approximate surface area is 109 Å². The molecule has 0 bridgehead atoms. The van der Waals surface area contributed by atoms with Gasteiger partial charge in [0.25, 0.3) is 5.56 Å². The molecule has 0 unspecified atom stereocenters. The van der Waals surface area contributed by atoms with Crippen molar-refractivity contribution in [1.82, 2.24) is 14.5 Å². The molecule has 3 heterocycles. The highest BCUT2D eigenvalue weighted by Crippen LogP contribution is 2.15. The first-order valence-corrected chi connectivity index (χ1v) is 5.96. The summed E-state index contributed by atoms with van der Waals surface area (Å²) in [6.45, 7) is 2.40. The third kappa shape index (κ3) is 2.10. The summed E-state index contributed by atoms with van der Waals surface area (Å²) in [4.78, 5) is 19.6. The molecule has 0 saturated carbocycles. The van der Waals surface area contributed by atoms with Crippen LogP contribution in [0.1, 0.15) is 11.4 Å². The van der Waals surface area contributed by atoms with Crippen LogP contribution in [0.3, 0.4) is 0 Å². The van der Waals surface area contributed by atoms with E-state index in [0.29, 0.717) is 12.1 Å². The van der Waals surface area contributed by atoms with Gasteiger partial charge in [-0.3, -0.25) is 4.79 Å². The number of hydrogen-bond donors (Lipinski definition) is 1. The monoisotopic (exact) mass is 255 g/mol. The Morgan fingerprint density at radius 3 is 3.00 bits per heavy atom. The highest BCUT2D eigenvalue weighted by molar-refractivity contribution is 5.60. The fourth-order valence-electron chi connectivity index (χ4n) is 2.01. The molecule has 0 aromatic carbocycles. The average molecular weight is 255 g/mol. The Morgan fingerprint density at radius 2 is 2.32 bits per heavy atom. The minimum absolute atomic E-state index is 0.0497. The standard InChI is InChI=1S/C14H13N3O2/c1-10-13(16-9-15-10)7-17-5-2-3-12(14(17)18)11-4-6-19-8-11/h2-6,8-9H,7H2,1H3,(H,15,16). The van der Waals surface area contributed by atoms with Crippen LogP contribution in [-0.4, -0.2) is 14.5 Å². The van der Waals surface area contributed by atoms with Crippen molar-refractivity contribution in [1.29, 1.82) is 0 Å². The van der Waals surface area contributed by atoms with Crippen LogP contribution in [-0.2, 0) is 6.54 Å². The lowest BCUT2D eigenvalue weighted by atomic mass is 10.1. The Hall–Kier alpha value is -2.56. The topological polar surface area (TPSA) is 63.8 Å². The molecular formula is C14H13N3O2. The van der Waals surface area contributed by atoms with Gasteiger partial charge in [0.2, 0.25) is 0 Å². The Balaban J connectivity index is 2.02. The molecule has 19 heavy (non-hydrogen) atoms. The first-order valence-electron chi connectivity index (χ1n) is 5.96. The number of rotatable bonds is 3. The maximum absolute atomic E-state index is 12.4. The summed E-state index contributed by atoms with van der Waals surface area (Å²) < 4.78 is 6.67. The van der Waals surface area contributed by atoms with Crippen molar-refractivity contribution in [3.63, 3.8) is 0 Å². The lowest BCUT2D eigenvalue weighted by Crippen LogP contribution is -2.21. The molecular weight excluding hydrogens is 242 g/mol. The summed E-state index contributed by atoms with van der Waals surface area (Å²) >= 11 is 0. The molecule has 0 spiro atoms. The number of furan rings is 1. The molecule has 0 fully saturated rings. The maximum Gasteiger partial charge on any atom is 0.258 e. The molecule has 0 atom stereocenters. The summed E-state index contributed by atoms with van der Waals surface area (Å²) in [5.74, 6) is 0. The minimum Gasteiger partial charge on any atom is -0.472 e. The second-order valence-electron chi connectivity index (χ2n) is 4.34. The van der Waals surface area contributed by atoms with Crippen LogP contribution in [0.25, 0.3) is 11.1 Å². The smallest absolute Gasteiger partial charge is 0.258 e. The fourth-order valence-corrected chi connectivity index (χ4v) is 2.01. The number of pyridine rings is 1. The molecule has 0 aliphatic carbocycles. The summed E-state index contributed by atoms with van der Waals surface area (Å²) in [7, 11) is 0. The first-order chi connectivity index (χ1) is 9.25. The molecule has 0 aliphatic heterocycles. The summed E-state index contributed by atoms with van der Waals surface area (Å²) in [6, 6.07) is 5.42. The number of imidazole rings is 1. The SMILES string of the molecule is Cc1[nH]cnc1Cn1cccc(-c2ccoc2)c1=O. The van der Waals surface area contributed by atoms with Gasteiger partial charge in [0.1, 0.15) is 0 Å². The average Bonchev–Trinajstić information content (AvgIpc) is 3.04. The molecule has 5 heteroatoms. The molecule has 0 amide bonds. The normalized spacial score (nSPS) is 10.8. The Morgan fingerprint density at radius 1 is 1.42 bits per heavy atom. The second kappa shape index (κ2) is 4.61. The predicted molar refractivity (Wildman–Crippen MR) is 70.8 cm³/mol. The Bertz CT molecular complexity index is 738. The quantitative estimate of drug-likeness (QED) is 0.780. The third-order valence-electron chi connectivity index (χ3n) is 3.11. The van der Waals surface area contributed by atoms with Gasteiger partial charge < -0.3 is 14.0 Å². The number of nitrogens with one attached hydrogen (secondary N) is 1. The fraction of sp³-hybridized carbons (Fsp3) is 0.143. The molecule has 3 aromatic rings. The van der Waals surface area contributed by atoms with Gasteiger partial charge in [0.05, 0.1) is 36.7 Å². The van der Waals surface area contributed by atoms with Crippen molar-refractivity contribution >= 4 is 0 Å². The van der Waals surface area contributed by atoms with Crippen molar-refractivity contribution < 1.29 is 4.42 Å². The van der Waals surface area contributed by atoms with Crippen LogP contribution in [0.2, 0.25) is 0 Å². The van der Waals surface area contributed by atoms with Crippen molar-refractivity contribution in [3.05, 3.63) is 65.0 Å². The van der Waals surface area contributed by atoms with Crippen molar-refractivity contribution in [2.45, 2.75) is 13.5 Å². The van der Waals surface area contributed by atoms with Gasteiger partial charge in [-0.1, -0.05) is 0 Å². The lowest BCUT2D eigenvalue weighted by Gasteiger charge is -2.06. The summed E-state index contributed by atoms with van der Waals surface area (Å²) in [5, 5.41) is 0. The van der Waals surface area contributed by atoms with E-state index < -0.39 is 0 Å². The highest BCUT2D eigenvalue weighted by Gasteiger charge is 2.09. The third-order valence-corrected chi connectivity index (χ3v) is 3.11. The van der Waals surface area contributed by atoms with Gasteiger partial charge in [-0.05, 0) is 25.1 Å². The van der Waals surface area contributed by atoms with E-state index >= 15 is 0 Å². The lowest BCUT2D eigenvalue weighted by molar-refractivity contribution is 0.568. The second-order valence-corrected chi connectivity index (χ2v) is 4.34. The van der Waals surface area contributed by atoms with Crippen LogP contribution in [0, 0.1) is 6.92 Å². The zero-order valence-corrected chi connectivity index (χ0v) is 10.5. The minimum atomic E-state index is -0.0497. The molecule has 3 rings (SSSR count). The van der Waals surface area contributed by atoms with E-state index in [-0.39, 0.29) is 5.56 Å². The number of hydrogen-bond acceptors (Lipinski definition) is 3. The summed E-state index contributed by atoms with van der Waals surface area (Å²) in [5.41, 5.74) is 3.21. The number of aromatic amines is 1. The number of nitrogens with zero attached hydrogens (tertiary/aromatic N) is 2. The largest absolute Gasteiger partial charge is 0.472 e. The van der Waals surface area contributed by atoms with Crippen LogP contribution in [0.15, 0.2) is 52.5 Å². The molecule has 5 nitrogen and oxygen atoms in total. The summed E-state index contributed by atoms with van der Waals surface area (Å²) in [6.07, 6.45) is 6.53. The molecule has 1 N–H and O–H groups in total. The Kier molecular flexibility index (Phi) is 2.79. The van der Waals surface area contributed by atoms with Crippen LogP contribution in [0.4, 0.5) is 0 Å². The number of aryl methyl sites for hydroxylation is 1. The van der Waals surface area contributed by atoms with E-state index in [2.05, 4.69) is 9.97 Å². The van der Waals surface area contributed by atoms with E-state index in [9.17, 15) is 4.79 Å². The van der Waals surface area contributed by atoms with Gasteiger partial charge in [-0.2, -0.15) is 0 Å². The van der Waals surface area contributed by atoms with E-state index in [1.54, 1.807) is 41.8 Å². The highest BCUT2D eigenvalue weighted by atomic mass is 16.3. The predicted octanol–water partition coefficient (Wildman–Crippen LogP) is 2.19. The van der Waals surface area contributed by atoms with Gasteiger partial charge in [0, 0.05) is 17.5 Å². The van der Waals surface area contributed by atoms with Gasteiger partial charge in [-0.15, -0.1) is 0 Å². The van der Waals surface area contributed by atoms with Gasteiger partial charge >= 0.3 is 0 Å². The van der Waals surface area contributed by atoms with Crippen LogP contribution < -0.4 is 5.56 Å². The number of aromatic nitrogens is 3. The molecule has 96 valence electrons. The molecule has 3 aromatic heterocycles. The first kappa shape index (κ1) is 11.5. The van der Waals surface area contributed by atoms with Crippen molar-refractivity contribution in [3.8, 4) is 11.1 Å². The zero-order valence-electron chi connectivity index (χ0n) is 10.5. The van der Waals surface area contributed by atoms with Gasteiger partial charge in [0.15, 0.2) is 0 Å². The number of H-pyrrole nitrogens is 1. The van der Waals surface area contributed by atoms with Crippen molar-refractivity contribution in [2.75, 3.05) is 0 Å². The molecule has 0 aliphatic rings. The van der Waals surface area contributed by atoms with E-state index in [0.717, 1.165) is 17.0 Å². The van der Waals surface area contributed by atoms with Gasteiger partial charge in [-0.25, -0.2) is 4.98 Å². The van der Waals surface area contributed by atoms with Crippen LogP contribution >= 0.6 is 0 Å². The zero-order chi connectivity index (χ0) is 13.2. The van der Waals surface area contributed by atoms with Crippen molar-refractivity contribution in [2.24, 2.45) is 0 Å². The van der Waals surface area contributed by atoms with E-state index in [4.69, 9.17) is 4.42 Å². The van der Waals surface area contributed by atoms with E-state index in [1.165, 1.54) is 0 Å². The molecule has 0 radical (unpaired) electrons. The van der Waals surface area contributed by atoms with Crippen LogP contribution in [0.5, 0.6) is 0 Å². The molecule has 0 saturated heterocycles. The maximum atomic E-state index is 12.4. The van der Waals surface area contributed by atoms with E-state index in [1.807, 2.05) is 13.0 Å².